The first-order valence-electron chi connectivity index (χ1n) is 7.67. The number of carbonyl (C=O) groups is 1. The molecule has 0 fully saturated rings. The molecule has 0 heterocycles. The van der Waals surface area contributed by atoms with E-state index in [4.69, 9.17) is 0 Å². The Bertz CT molecular complexity index is 953. The first-order chi connectivity index (χ1) is 11.2. The molecule has 0 aromatic heterocycles. The molecule has 1 unspecified atom stereocenters. The fourth-order valence-corrected chi connectivity index (χ4v) is 3.47. The number of rotatable bonds is 1. The highest BCUT2D eigenvalue weighted by Crippen LogP contribution is 2.41. The quantitative estimate of drug-likeness (QED) is 0.666. The van der Waals surface area contributed by atoms with E-state index in [1.165, 1.54) is 0 Å². The van der Waals surface area contributed by atoms with Crippen LogP contribution in [0, 0.1) is 0 Å². The van der Waals surface area contributed by atoms with Crippen LogP contribution in [-0.2, 0) is 6.42 Å². The fourth-order valence-electron chi connectivity index (χ4n) is 3.47. The lowest BCUT2D eigenvalue weighted by atomic mass is 9.75. The maximum atomic E-state index is 12.9. The second-order valence-electron chi connectivity index (χ2n) is 6.01. The molecule has 3 aromatic carbocycles. The van der Waals surface area contributed by atoms with Gasteiger partial charge in [-0.25, -0.2) is 0 Å². The highest BCUT2D eigenvalue weighted by Gasteiger charge is 2.33. The topological polar surface area (TPSA) is 37.3 Å². The van der Waals surface area contributed by atoms with Crippen molar-refractivity contribution in [3.05, 3.63) is 89.5 Å². The van der Waals surface area contributed by atoms with Crippen molar-refractivity contribution in [1.82, 2.24) is 0 Å². The Labute approximate surface area is 134 Å². The SMILES string of the molecule is C=C1Cc2ccccc2C(=O)C1c1ccc2ccccc2c1O. The number of carbonyl (C=O) groups excluding carboxylic acids is 1. The van der Waals surface area contributed by atoms with Crippen LogP contribution >= 0.6 is 0 Å². The van der Waals surface area contributed by atoms with Gasteiger partial charge in [-0.2, -0.15) is 0 Å². The van der Waals surface area contributed by atoms with Crippen LogP contribution in [0.5, 0.6) is 5.75 Å². The molecule has 0 saturated heterocycles. The number of allylic oxidation sites excluding steroid dienone is 1. The second kappa shape index (κ2) is 5.10. The van der Waals surface area contributed by atoms with E-state index in [0.29, 0.717) is 12.0 Å². The Hall–Kier alpha value is -2.87. The number of hydrogen-bond donors (Lipinski definition) is 1. The Kier molecular flexibility index (Phi) is 3.05. The van der Waals surface area contributed by atoms with Crippen molar-refractivity contribution in [3.63, 3.8) is 0 Å². The van der Waals surface area contributed by atoms with Gasteiger partial charge >= 0.3 is 0 Å². The van der Waals surface area contributed by atoms with E-state index < -0.39 is 5.92 Å². The number of phenols is 1. The number of Topliss-reactive ketones (excluding diaryl/α,β-unsaturated/α-hetero) is 1. The molecule has 1 atom stereocenters. The lowest BCUT2D eigenvalue weighted by molar-refractivity contribution is 0.0965. The molecule has 2 nitrogen and oxygen atoms in total. The molecule has 0 spiro atoms. The first kappa shape index (κ1) is 13.8. The molecule has 112 valence electrons. The first-order valence-corrected chi connectivity index (χ1v) is 7.67. The van der Waals surface area contributed by atoms with Crippen LogP contribution in [0.25, 0.3) is 10.8 Å². The number of ketones is 1. The van der Waals surface area contributed by atoms with Gasteiger partial charge in [0.1, 0.15) is 5.75 Å². The van der Waals surface area contributed by atoms with Gasteiger partial charge in [0.2, 0.25) is 0 Å². The molecule has 0 radical (unpaired) electrons. The summed E-state index contributed by atoms with van der Waals surface area (Å²) in [5, 5.41) is 12.4. The highest BCUT2D eigenvalue weighted by atomic mass is 16.3. The lowest BCUT2D eigenvalue weighted by Gasteiger charge is -2.27. The maximum absolute atomic E-state index is 12.9. The monoisotopic (exact) mass is 300 g/mol. The van der Waals surface area contributed by atoms with Gasteiger partial charge in [-0.15, -0.1) is 0 Å². The Morgan fingerprint density at radius 3 is 2.57 bits per heavy atom. The van der Waals surface area contributed by atoms with Crippen LogP contribution in [-0.4, -0.2) is 10.9 Å². The third kappa shape index (κ3) is 2.07. The van der Waals surface area contributed by atoms with Crippen LogP contribution in [0.3, 0.4) is 0 Å². The summed E-state index contributed by atoms with van der Waals surface area (Å²) in [6.45, 7) is 4.11. The summed E-state index contributed by atoms with van der Waals surface area (Å²) in [5.74, 6) is -0.279. The van der Waals surface area contributed by atoms with Crippen molar-refractivity contribution >= 4 is 16.6 Å². The third-order valence-electron chi connectivity index (χ3n) is 4.61. The minimum absolute atomic E-state index is 0.0161. The summed E-state index contributed by atoms with van der Waals surface area (Å²) >= 11 is 0. The predicted molar refractivity (Wildman–Crippen MR) is 92.0 cm³/mol. The van der Waals surface area contributed by atoms with Crippen molar-refractivity contribution < 1.29 is 9.90 Å². The molecule has 0 bridgehead atoms. The minimum atomic E-state index is -0.477. The van der Waals surface area contributed by atoms with Gasteiger partial charge in [0, 0.05) is 16.5 Å². The second-order valence-corrected chi connectivity index (χ2v) is 6.01. The van der Waals surface area contributed by atoms with Gasteiger partial charge in [-0.3, -0.25) is 4.79 Å². The largest absolute Gasteiger partial charge is 0.507 e. The summed E-state index contributed by atoms with van der Waals surface area (Å²) in [7, 11) is 0. The number of fused-ring (bicyclic) bond motifs is 2. The van der Waals surface area contributed by atoms with E-state index >= 15 is 0 Å². The molecule has 0 aliphatic heterocycles. The van der Waals surface area contributed by atoms with Gasteiger partial charge < -0.3 is 5.11 Å². The molecule has 3 aromatic rings. The van der Waals surface area contributed by atoms with Crippen molar-refractivity contribution in [1.29, 1.82) is 0 Å². The van der Waals surface area contributed by atoms with E-state index in [0.717, 1.165) is 27.5 Å². The van der Waals surface area contributed by atoms with Crippen LogP contribution < -0.4 is 0 Å². The zero-order valence-corrected chi connectivity index (χ0v) is 12.6. The lowest BCUT2D eigenvalue weighted by Crippen LogP contribution is -2.23. The van der Waals surface area contributed by atoms with Gasteiger partial charge in [0.05, 0.1) is 5.92 Å². The molecule has 2 heteroatoms. The minimum Gasteiger partial charge on any atom is -0.507 e. The van der Waals surface area contributed by atoms with Crippen LogP contribution in [0.4, 0.5) is 0 Å². The van der Waals surface area contributed by atoms with E-state index in [1.807, 2.05) is 60.7 Å². The molecular weight excluding hydrogens is 284 g/mol. The Morgan fingerprint density at radius 2 is 1.70 bits per heavy atom. The third-order valence-corrected chi connectivity index (χ3v) is 4.61. The van der Waals surface area contributed by atoms with E-state index in [2.05, 4.69) is 6.58 Å². The Balaban J connectivity index is 1.90. The number of aromatic hydroxyl groups is 1. The van der Waals surface area contributed by atoms with Crippen molar-refractivity contribution in [3.8, 4) is 5.75 Å². The number of phenolic OH excluding ortho intramolecular Hbond substituents is 1. The molecule has 0 amide bonds. The summed E-state index contributed by atoms with van der Waals surface area (Å²) in [6.07, 6.45) is 0.666. The van der Waals surface area contributed by atoms with Crippen molar-refractivity contribution in [2.24, 2.45) is 0 Å². The van der Waals surface area contributed by atoms with Crippen LogP contribution in [0.2, 0.25) is 0 Å². The van der Waals surface area contributed by atoms with Crippen molar-refractivity contribution in [2.45, 2.75) is 12.3 Å². The number of hydrogen-bond acceptors (Lipinski definition) is 2. The van der Waals surface area contributed by atoms with E-state index in [1.54, 1.807) is 0 Å². The molecular formula is C21H16O2. The summed E-state index contributed by atoms with van der Waals surface area (Å²) in [5.41, 5.74) is 3.23. The average Bonchev–Trinajstić information content (AvgIpc) is 2.57. The maximum Gasteiger partial charge on any atom is 0.174 e. The van der Waals surface area contributed by atoms with Crippen LogP contribution in [0.1, 0.15) is 27.4 Å². The fraction of sp³-hybridized carbons (Fsp3) is 0.0952. The smallest absolute Gasteiger partial charge is 0.174 e. The van der Waals surface area contributed by atoms with Gasteiger partial charge in [-0.1, -0.05) is 72.8 Å². The van der Waals surface area contributed by atoms with E-state index in [9.17, 15) is 9.90 Å². The summed E-state index contributed by atoms with van der Waals surface area (Å²) < 4.78 is 0. The normalized spacial score (nSPS) is 17.3. The molecule has 23 heavy (non-hydrogen) atoms. The predicted octanol–water partition coefficient (Wildman–Crippen LogP) is 4.62. The Morgan fingerprint density at radius 1 is 0.957 bits per heavy atom. The molecule has 1 N–H and O–H groups in total. The summed E-state index contributed by atoms with van der Waals surface area (Å²) in [4.78, 5) is 12.9. The van der Waals surface area contributed by atoms with Crippen molar-refractivity contribution in [2.75, 3.05) is 0 Å². The molecule has 4 rings (SSSR count). The van der Waals surface area contributed by atoms with Gasteiger partial charge in [0.25, 0.3) is 0 Å². The summed E-state index contributed by atoms with van der Waals surface area (Å²) in [6, 6.07) is 19.1. The van der Waals surface area contributed by atoms with Crippen LogP contribution in [0.15, 0.2) is 72.8 Å². The highest BCUT2D eigenvalue weighted by molar-refractivity contribution is 6.07. The molecule has 1 aliphatic carbocycles. The average molecular weight is 300 g/mol. The van der Waals surface area contributed by atoms with Gasteiger partial charge in [0.15, 0.2) is 5.78 Å². The zero-order valence-electron chi connectivity index (χ0n) is 12.6. The standard InChI is InChI=1S/C21H16O2/c1-13-12-15-7-3-5-9-17(15)21(23)19(13)18-11-10-14-6-2-4-8-16(14)20(18)22/h2-11,19,22H,1,12H2. The molecule has 1 aliphatic rings. The van der Waals surface area contributed by atoms with E-state index in [-0.39, 0.29) is 11.5 Å². The zero-order chi connectivity index (χ0) is 16.0. The van der Waals surface area contributed by atoms with Gasteiger partial charge in [-0.05, 0) is 17.4 Å². The number of benzene rings is 3. The molecule has 0 saturated carbocycles.